The van der Waals surface area contributed by atoms with Crippen LogP contribution in [-0.4, -0.2) is 43.2 Å². The first-order valence-corrected chi connectivity index (χ1v) is 8.69. The third-order valence-corrected chi connectivity index (χ3v) is 4.77. The first-order valence-electron chi connectivity index (χ1n) is 8.69. The predicted octanol–water partition coefficient (Wildman–Crippen LogP) is 2.41. The highest BCUT2D eigenvalue weighted by atomic mass is 35.5. The molecule has 0 radical (unpaired) electrons. The number of rotatable bonds is 3. The summed E-state index contributed by atoms with van der Waals surface area (Å²) >= 11 is 0. The molecule has 4 rings (SSSR count). The van der Waals surface area contributed by atoms with E-state index in [2.05, 4.69) is 32.7 Å². The molecule has 27 heavy (non-hydrogen) atoms. The van der Waals surface area contributed by atoms with Crippen molar-refractivity contribution < 1.29 is 9.53 Å². The second-order valence-electron chi connectivity index (χ2n) is 6.40. The lowest BCUT2D eigenvalue weighted by atomic mass is 9.95. The second kappa shape index (κ2) is 9.90. The van der Waals surface area contributed by atoms with Gasteiger partial charge in [0.25, 0.3) is 0 Å². The Balaban J connectivity index is 0.00000131. The number of benzene rings is 1. The van der Waals surface area contributed by atoms with Crippen molar-refractivity contribution in [3.63, 3.8) is 0 Å². The van der Waals surface area contributed by atoms with Crippen molar-refractivity contribution in [2.45, 2.75) is 19.0 Å². The molecule has 3 heterocycles. The van der Waals surface area contributed by atoms with Gasteiger partial charge in [0.15, 0.2) is 0 Å². The highest BCUT2D eigenvalue weighted by molar-refractivity contribution is 5.94. The van der Waals surface area contributed by atoms with E-state index in [0.717, 1.165) is 38.5 Å². The molecule has 2 aromatic rings. The zero-order valence-electron chi connectivity index (χ0n) is 14.9. The van der Waals surface area contributed by atoms with E-state index in [9.17, 15) is 4.79 Å². The van der Waals surface area contributed by atoms with E-state index < -0.39 is 0 Å². The maximum atomic E-state index is 12.5. The number of hydrogen-bond acceptors (Lipinski definition) is 5. The monoisotopic (exact) mass is 410 g/mol. The molecule has 1 saturated heterocycles. The Kier molecular flexibility index (Phi) is 7.86. The standard InChI is InChI=1S/C19H22N4O2.2ClH/c24-19(17-11-14-3-1-2-4-15(14)12-20-17)22-18-6-5-16(13-21-18)23-7-9-25-10-8-23;;/h1-6,13,17,20H,7-12H2,(H,21,22,24);2*1H. The topological polar surface area (TPSA) is 66.5 Å². The lowest BCUT2D eigenvalue weighted by Crippen LogP contribution is -2.44. The Bertz CT molecular complexity index is 752. The third-order valence-electron chi connectivity index (χ3n) is 4.77. The molecule has 1 amide bonds. The molecule has 0 aliphatic carbocycles. The van der Waals surface area contributed by atoms with Crippen LogP contribution in [0.1, 0.15) is 11.1 Å². The van der Waals surface area contributed by atoms with Gasteiger partial charge in [0.05, 0.1) is 31.1 Å². The zero-order valence-corrected chi connectivity index (χ0v) is 16.5. The number of nitrogens with zero attached hydrogens (tertiary/aromatic N) is 2. The summed E-state index contributed by atoms with van der Waals surface area (Å²) in [7, 11) is 0. The largest absolute Gasteiger partial charge is 0.378 e. The fraction of sp³-hybridized carbons (Fsp3) is 0.368. The highest BCUT2D eigenvalue weighted by Gasteiger charge is 2.24. The number of anilines is 2. The van der Waals surface area contributed by atoms with Gasteiger partial charge in [0.1, 0.15) is 5.82 Å². The van der Waals surface area contributed by atoms with E-state index in [1.165, 1.54) is 11.1 Å². The minimum absolute atomic E-state index is 0. The minimum atomic E-state index is -0.226. The van der Waals surface area contributed by atoms with E-state index in [0.29, 0.717) is 12.2 Å². The molecule has 0 bridgehead atoms. The molecule has 2 aliphatic heterocycles. The number of hydrogen-bond donors (Lipinski definition) is 2. The second-order valence-corrected chi connectivity index (χ2v) is 6.40. The zero-order chi connectivity index (χ0) is 17.1. The average molecular weight is 411 g/mol. The summed E-state index contributed by atoms with van der Waals surface area (Å²) in [5, 5.41) is 6.21. The molecule has 1 unspecified atom stereocenters. The summed E-state index contributed by atoms with van der Waals surface area (Å²) in [6, 6.07) is 11.9. The molecule has 1 aromatic heterocycles. The summed E-state index contributed by atoms with van der Waals surface area (Å²) in [5.74, 6) is 0.545. The molecule has 0 spiro atoms. The molecular weight excluding hydrogens is 387 g/mol. The van der Waals surface area contributed by atoms with Crippen LogP contribution in [0.3, 0.4) is 0 Å². The number of halogens is 2. The number of carbonyl (C=O) groups excluding carboxylic acids is 1. The van der Waals surface area contributed by atoms with Gasteiger partial charge in [-0.3, -0.25) is 4.79 Å². The number of carbonyl (C=O) groups is 1. The van der Waals surface area contributed by atoms with Gasteiger partial charge in [-0.2, -0.15) is 0 Å². The molecule has 8 heteroatoms. The van der Waals surface area contributed by atoms with Gasteiger partial charge in [0.2, 0.25) is 5.91 Å². The SMILES string of the molecule is Cl.Cl.O=C(Nc1ccc(N2CCOCC2)cn1)C1Cc2ccccc2CN1. The van der Waals surface area contributed by atoms with Gasteiger partial charge in [-0.1, -0.05) is 24.3 Å². The van der Waals surface area contributed by atoms with Gasteiger partial charge in [-0.05, 0) is 29.7 Å². The van der Waals surface area contributed by atoms with Crippen LogP contribution in [0, 0.1) is 0 Å². The molecular formula is C19H24Cl2N4O2. The lowest BCUT2D eigenvalue weighted by Gasteiger charge is -2.28. The van der Waals surface area contributed by atoms with E-state index >= 15 is 0 Å². The van der Waals surface area contributed by atoms with Crippen molar-refractivity contribution in [2.75, 3.05) is 36.5 Å². The van der Waals surface area contributed by atoms with Gasteiger partial charge in [0, 0.05) is 19.6 Å². The van der Waals surface area contributed by atoms with Crippen molar-refractivity contribution in [3.05, 3.63) is 53.7 Å². The molecule has 1 atom stereocenters. The number of pyridine rings is 1. The third kappa shape index (κ3) is 5.11. The van der Waals surface area contributed by atoms with E-state index in [1.54, 1.807) is 0 Å². The maximum absolute atomic E-state index is 12.5. The van der Waals surface area contributed by atoms with Crippen molar-refractivity contribution in [3.8, 4) is 0 Å². The van der Waals surface area contributed by atoms with Crippen molar-refractivity contribution in [1.29, 1.82) is 0 Å². The van der Waals surface area contributed by atoms with Crippen LogP contribution in [0.2, 0.25) is 0 Å². The number of ether oxygens (including phenoxy) is 1. The smallest absolute Gasteiger partial charge is 0.243 e. The number of nitrogens with one attached hydrogen (secondary N) is 2. The van der Waals surface area contributed by atoms with E-state index in [1.807, 2.05) is 30.5 Å². The van der Waals surface area contributed by atoms with E-state index in [4.69, 9.17) is 4.74 Å². The molecule has 6 nitrogen and oxygen atoms in total. The van der Waals surface area contributed by atoms with Gasteiger partial charge in [-0.25, -0.2) is 4.98 Å². The first-order chi connectivity index (χ1) is 12.3. The Morgan fingerprint density at radius 1 is 1.11 bits per heavy atom. The number of fused-ring (bicyclic) bond motifs is 1. The van der Waals surface area contributed by atoms with Crippen LogP contribution in [0.25, 0.3) is 0 Å². The van der Waals surface area contributed by atoms with Gasteiger partial charge < -0.3 is 20.3 Å². The summed E-state index contributed by atoms with van der Waals surface area (Å²) in [4.78, 5) is 19.2. The van der Waals surface area contributed by atoms with Crippen LogP contribution < -0.4 is 15.5 Å². The van der Waals surface area contributed by atoms with E-state index in [-0.39, 0.29) is 36.8 Å². The Labute approximate surface area is 171 Å². The molecule has 1 aromatic carbocycles. The fourth-order valence-electron chi connectivity index (χ4n) is 3.32. The molecule has 2 N–H and O–H groups in total. The van der Waals surface area contributed by atoms with Crippen molar-refractivity contribution in [2.24, 2.45) is 0 Å². The number of amides is 1. The number of aromatic nitrogens is 1. The fourth-order valence-corrected chi connectivity index (χ4v) is 3.32. The highest BCUT2D eigenvalue weighted by Crippen LogP contribution is 2.19. The van der Waals surface area contributed by atoms with Crippen LogP contribution in [0.5, 0.6) is 0 Å². The molecule has 0 saturated carbocycles. The van der Waals surface area contributed by atoms with Crippen LogP contribution >= 0.6 is 24.8 Å². The first kappa shape index (κ1) is 21.4. The minimum Gasteiger partial charge on any atom is -0.378 e. The quantitative estimate of drug-likeness (QED) is 0.812. The maximum Gasteiger partial charge on any atom is 0.243 e. The van der Waals surface area contributed by atoms with Crippen LogP contribution in [-0.2, 0) is 22.5 Å². The van der Waals surface area contributed by atoms with Crippen LogP contribution in [0.4, 0.5) is 11.5 Å². The Morgan fingerprint density at radius 2 is 1.85 bits per heavy atom. The summed E-state index contributed by atoms with van der Waals surface area (Å²) in [5.41, 5.74) is 3.56. The average Bonchev–Trinajstić information content (AvgIpc) is 2.69. The normalized spacial score (nSPS) is 18.5. The van der Waals surface area contributed by atoms with Crippen molar-refractivity contribution >= 4 is 42.2 Å². The van der Waals surface area contributed by atoms with Crippen LogP contribution in [0.15, 0.2) is 42.6 Å². The van der Waals surface area contributed by atoms with Gasteiger partial charge >= 0.3 is 0 Å². The predicted molar refractivity (Wildman–Crippen MR) is 111 cm³/mol. The molecule has 2 aliphatic rings. The Hall–Kier alpha value is -1.86. The Morgan fingerprint density at radius 3 is 2.56 bits per heavy atom. The number of morpholine rings is 1. The van der Waals surface area contributed by atoms with Crippen molar-refractivity contribution in [1.82, 2.24) is 10.3 Å². The lowest BCUT2D eigenvalue weighted by molar-refractivity contribution is -0.118. The van der Waals surface area contributed by atoms with Gasteiger partial charge in [-0.15, -0.1) is 24.8 Å². The summed E-state index contributed by atoms with van der Waals surface area (Å²) in [6.07, 6.45) is 2.51. The molecule has 146 valence electrons. The summed E-state index contributed by atoms with van der Waals surface area (Å²) < 4.78 is 5.36. The summed E-state index contributed by atoms with van der Waals surface area (Å²) in [6.45, 7) is 3.95. The molecule has 1 fully saturated rings.